The highest BCUT2D eigenvalue weighted by Crippen LogP contribution is 2.18. The van der Waals surface area contributed by atoms with Crippen molar-refractivity contribution in [2.24, 2.45) is 0 Å². The molecule has 0 fully saturated rings. The predicted molar refractivity (Wildman–Crippen MR) is 66.8 cm³/mol. The SMILES string of the molecule is Cc1cc2ccccc2n1CC(=O)NCCO. The second kappa shape index (κ2) is 5.01. The monoisotopic (exact) mass is 232 g/mol. The Labute approximate surface area is 99.9 Å². The number of para-hydroxylation sites is 1. The summed E-state index contributed by atoms with van der Waals surface area (Å²) >= 11 is 0. The van der Waals surface area contributed by atoms with Crippen molar-refractivity contribution in [3.8, 4) is 0 Å². The van der Waals surface area contributed by atoms with E-state index in [1.54, 1.807) is 0 Å². The minimum absolute atomic E-state index is 0.0306. The molecule has 0 aliphatic heterocycles. The number of rotatable bonds is 4. The highest BCUT2D eigenvalue weighted by Gasteiger charge is 2.08. The van der Waals surface area contributed by atoms with Gasteiger partial charge in [0, 0.05) is 17.8 Å². The van der Waals surface area contributed by atoms with Crippen LogP contribution in [-0.2, 0) is 11.3 Å². The van der Waals surface area contributed by atoms with Crippen LogP contribution in [0, 0.1) is 6.92 Å². The van der Waals surface area contributed by atoms with Crippen molar-refractivity contribution < 1.29 is 9.90 Å². The van der Waals surface area contributed by atoms with Crippen LogP contribution in [0.4, 0.5) is 0 Å². The second-order valence-corrected chi connectivity index (χ2v) is 4.00. The van der Waals surface area contributed by atoms with E-state index in [1.807, 2.05) is 35.8 Å². The van der Waals surface area contributed by atoms with Gasteiger partial charge in [-0.05, 0) is 24.4 Å². The Morgan fingerprint density at radius 2 is 2.18 bits per heavy atom. The van der Waals surface area contributed by atoms with Crippen LogP contribution in [-0.4, -0.2) is 28.7 Å². The van der Waals surface area contributed by atoms with Gasteiger partial charge in [0.1, 0.15) is 6.54 Å². The number of hydrogen-bond acceptors (Lipinski definition) is 2. The topological polar surface area (TPSA) is 54.3 Å². The van der Waals surface area contributed by atoms with Gasteiger partial charge in [-0.15, -0.1) is 0 Å². The Bertz CT molecular complexity index is 531. The van der Waals surface area contributed by atoms with E-state index < -0.39 is 0 Å². The summed E-state index contributed by atoms with van der Waals surface area (Å²) in [6, 6.07) is 10.0. The van der Waals surface area contributed by atoms with Crippen LogP contribution >= 0.6 is 0 Å². The van der Waals surface area contributed by atoms with Crippen LogP contribution in [0.2, 0.25) is 0 Å². The van der Waals surface area contributed by atoms with E-state index in [-0.39, 0.29) is 12.5 Å². The molecule has 0 saturated carbocycles. The minimum atomic E-state index is -0.0801. The van der Waals surface area contributed by atoms with Gasteiger partial charge in [-0.1, -0.05) is 18.2 Å². The van der Waals surface area contributed by atoms with Crippen LogP contribution in [0.5, 0.6) is 0 Å². The summed E-state index contributed by atoms with van der Waals surface area (Å²) in [5.74, 6) is -0.0801. The van der Waals surface area contributed by atoms with Crippen molar-refractivity contribution in [3.05, 3.63) is 36.0 Å². The number of aliphatic hydroxyl groups excluding tert-OH is 1. The quantitative estimate of drug-likeness (QED) is 0.828. The molecular weight excluding hydrogens is 216 g/mol. The fourth-order valence-corrected chi connectivity index (χ4v) is 1.95. The Morgan fingerprint density at radius 1 is 1.41 bits per heavy atom. The summed E-state index contributed by atoms with van der Waals surface area (Å²) in [6.07, 6.45) is 0. The molecule has 0 spiro atoms. The van der Waals surface area contributed by atoms with E-state index in [2.05, 4.69) is 11.4 Å². The maximum atomic E-state index is 11.6. The molecule has 0 saturated heterocycles. The minimum Gasteiger partial charge on any atom is -0.395 e. The van der Waals surface area contributed by atoms with Crippen molar-refractivity contribution in [1.29, 1.82) is 0 Å². The predicted octanol–water partition coefficient (Wildman–Crippen LogP) is 1.06. The number of fused-ring (bicyclic) bond motifs is 1. The van der Waals surface area contributed by atoms with Crippen molar-refractivity contribution >= 4 is 16.8 Å². The molecular formula is C13H16N2O2. The molecule has 1 amide bonds. The Hall–Kier alpha value is -1.81. The van der Waals surface area contributed by atoms with Crippen molar-refractivity contribution in [2.45, 2.75) is 13.5 Å². The molecule has 0 radical (unpaired) electrons. The molecule has 4 nitrogen and oxygen atoms in total. The van der Waals surface area contributed by atoms with Gasteiger partial charge in [0.05, 0.1) is 6.61 Å². The van der Waals surface area contributed by atoms with Crippen LogP contribution in [0.3, 0.4) is 0 Å². The first-order chi connectivity index (χ1) is 8.22. The number of carbonyl (C=O) groups excluding carboxylic acids is 1. The molecule has 0 atom stereocenters. The highest BCUT2D eigenvalue weighted by atomic mass is 16.3. The Morgan fingerprint density at radius 3 is 2.94 bits per heavy atom. The summed E-state index contributed by atoms with van der Waals surface area (Å²) < 4.78 is 1.97. The average Bonchev–Trinajstić information content (AvgIpc) is 2.64. The molecule has 0 aliphatic rings. The zero-order valence-electron chi connectivity index (χ0n) is 9.81. The Balaban J connectivity index is 2.23. The third-order valence-corrected chi connectivity index (χ3v) is 2.75. The van der Waals surface area contributed by atoms with Gasteiger partial charge < -0.3 is 15.0 Å². The van der Waals surface area contributed by atoms with Gasteiger partial charge in [0.15, 0.2) is 0 Å². The third-order valence-electron chi connectivity index (χ3n) is 2.75. The number of aliphatic hydroxyl groups is 1. The normalized spacial score (nSPS) is 10.7. The first-order valence-corrected chi connectivity index (χ1v) is 5.65. The van der Waals surface area contributed by atoms with E-state index in [0.717, 1.165) is 16.6 Å². The number of nitrogens with one attached hydrogen (secondary N) is 1. The third kappa shape index (κ3) is 2.47. The first kappa shape index (κ1) is 11.7. The first-order valence-electron chi connectivity index (χ1n) is 5.65. The van der Waals surface area contributed by atoms with Gasteiger partial charge in [0.2, 0.25) is 5.91 Å². The number of aryl methyl sites for hydroxylation is 1. The summed E-state index contributed by atoms with van der Waals surface area (Å²) in [5.41, 5.74) is 2.12. The lowest BCUT2D eigenvalue weighted by molar-refractivity contribution is -0.121. The van der Waals surface area contributed by atoms with Crippen molar-refractivity contribution in [3.63, 3.8) is 0 Å². The zero-order chi connectivity index (χ0) is 12.3. The number of hydrogen-bond donors (Lipinski definition) is 2. The second-order valence-electron chi connectivity index (χ2n) is 4.00. The van der Waals surface area contributed by atoms with E-state index in [1.165, 1.54) is 0 Å². The zero-order valence-corrected chi connectivity index (χ0v) is 9.81. The van der Waals surface area contributed by atoms with Gasteiger partial charge in [-0.25, -0.2) is 0 Å². The summed E-state index contributed by atoms with van der Waals surface area (Å²) in [4.78, 5) is 11.6. The van der Waals surface area contributed by atoms with Crippen molar-refractivity contribution in [1.82, 2.24) is 9.88 Å². The number of aromatic nitrogens is 1. The molecule has 0 aliphatic carbocycles. The lowest BCUT2D eigenvalue weighted by Gasteiger charge is -2.08. The van der Waals surface area contributed by atoms with Crippen LogP contribution in [0.1, 0.15) is 5.69 Å². The smallest absolute Gasteiger partial charge is 0.240 e. The maximum absolute atomic E-state index is 11.6. The standard InChI is InChI=1S/C13H16N2O2/c1-10-8-11-4-2-3-5-12(11)15(10)9-13(17)14-6-7-16/h2-5,8,16H,6-7,9H2,1H3,(H,14,17). The number of benzene rings is 1. The molecule has 1 heterocycles. The summed E-state index contributed by atoms with van der Waals surface area (Å²) in [6.45, 7) is 2.55. The molecule has 17 heavy (non-hydrogen) atoms. The molecule has 4 heteroatoms. The van der Waals surface area contributed by atoms with Crippen LogP contribution < -0.4 is 5.32 Å². The molecule has 2 rings (SSSR count). The van der Waals surface area contributed by atoms with Gasteiger partial charge >= 0.3 is 0 Å². The number of amides is 1. The lowest BCUT2D eigenvalue weighted by Crippen LogP contribution is -2.30. The summed E-state index contributed by atoms with van der Waals surface area (Å²) in [5, 5.41) is 12.4. The van der Waals surface area contributed by atoms with Gasteiger partial charge in [0.25, 0.3) is 0 Å². The van der Waals surface area contributed by atoms with Gasteiger partial charge in [-0.3, -0.25) is 4.79 Å². The van der Waals surface area contributed by atoms with E-state index in [4.69, 9.17) is 5.11 Å². The largest absolute Gasteiger partial charge is 0.395 e. The Kier molecular flexibility index (Phi) is 3.44. The highest BCUT2D eigenvalue weighted by molar-refractivity contribution is 5.84. The fraction of sp³-hybridized carbons (Fsp3) is 0.308. The molecule has 2 N–H and O–H groups in total. The molecule has 1 aromatic heterocycles. The molecule has 90 valence electrons. The fourth-order valence-electron chi connectivity index (χ4n) is 1.95. The lowest BCUT2D eigenvalue weighted by atomic mass is 10.2. The number of nitrogens with zero attached hydrogens (tertiary/aromatic N) is 1. The van der Waals surface area contributed by atoms with Crippen molar-refractivity contribution in [2.75, 3.05) is 13.2 Å². The average molecular weight is 232 g/mol. The van der Waals surface area contributed by atoms with E-state index >= 15 is 0 Å². The van der Waals surface area contributed by atoms with Crippen LogP contribution in [0.25, 0.3) is 10.9 Å². The molecule has 0 bridgehead atoms. The van der Waals surface area contributed by atoms with E-state index in [9.17, 15) is 4.79 Å². The van der Waals surface area contributed by atoms with Gasteiger partial charge in [-0.2, -0.15) is 0 Å². The number of carbonyl (C=O) groups is 1. The summed E-state index contributed by atoms with van der Waals surface area (Å²) in [7, 11) is 0. The molecule has 2 aromatic rings. The molecule has 0 unspecified atom stereocenters. The van der Waals surface area contributed by atoms with E-state index in [0.29, 0.717) is 13.1 Å². The van der Waals surface area contributed by atoms with Crippen LogP contribution in [0.15, 0.2) is 30.3 Å². The maximum Gasteiger partial charge on any atom is 0.240 e. The molecule has 1 aromatic carbocycles.